The Balaban J connectivity index is 1.52. The summed E-state index contributed by atoms with van der Waals surface area (Å²) in [7, 11) is 0. The molecule has 0 saturated carbocycles. The number of amides is 1. The van der Waals surface area contributed by atoms with Crippen molar-refractivity contribution >= 4 is 11.9 Å². The average Bonchev–Trinajstić information content (AvgIpc) is 2.71. The lowest BCUT2D eigenvalue weighted by atomic mass is 10.1. The molecule has 0 spiro atoms. The first-order valence-electron chi connectivity index (χ1n) is 9.57. The smallest absolute Gasteiger partial charge is 0.270 e. The maximum absolute atomic E-state index is 12.4. The molecule has 28 heavy (non-hydrogen) atoms. The highest BCUT2D eigenvalue weighted by Gasteiger charge is 2.10. The van der Waals surface area contributed by atoms with E-state index in [4.69, 9.17) is 0 Å². The third kappa shape index (κ3) is 5.91. The van der Waals surface area contributed by atoms with E-state index in [-0.39, 0.29) is 5.91 Å². The maximum Gasteiger partial charge on any atom is 0.270 e. The molecule has 144 valence electrons. The van der Waals surface area contributed by atoms with Gasteiger partial charge >= 0.3 is 0 Å². The highest BCUT2D eigenvalue weighted by Crippen LogP contribution is 2.09. The van der Waals surface area contributed by atoms with Gasteiger partial charge in [0.25, 0.3) is 5.91 Å². The molecular formula is C23H26N4O. The van der Waals surface area contributed by atoms with Gasteiger partial charge in [0.05, 0.1) is 0 Å². The molecule has 0 aliphatic heterocycles. The van der Waals surface area contributed by atoms with Crippen LogP contribution < -0.4 is 10.6 Å². The minimum atomic E-state index is -0.169. The monoisotopic (exact) mass is 374 g/mol. The summed E-state index contributed by atoms with van der Waals surface area (Å²) in [4.78, 5) is 21.2. The molecule has 0 aliphatic carbocycles. The number of anilines is 1. The molecule has 5 nitrogen and oxygen atoms in total. The van der Waals surface area contributed by atoms with E-state index < -0.39 is 0 Å². The minimum Gasteiger partial charge on any atom is -0.351 e. The third-order valence-corrected chi connectivity index (χ3v) is 4.43. The van der Waals surface area contributed by atoms with Crippen LogP contribution in [0.1, 0.15) is 39.3 Å². The summed E-state index contributed by atoms with van der Waals surface area (Å²) < 4.78 is 0. The van der Waals surface area contributed by atoms with Gasteiger partial charge in [0.15, 0.2) is 0 Å². The molecule has 0 atom stereocenters. The van der Waals surface area contributed by atoms with Crippen molar-refractivity contribution in [2.24, 2.45) is 0 Å². The number of aromatic nitrogens is 2. The Morgan fingerprint density at radius 2 is 1.68 bits per heavy atom. The molecule has 0 unspecified atom stereocenters. The summed E-state index contributed by atoms with van der Waals surface area (Å²) in [6.07, 6.45) is 1.83. The molecule has 0 aliphatic rings. The van der Waals surface area contributed by atoms with E-state index in [2.05, 4.69) is 63.9 Å². The third-order valence-electron chi connectivity index (χ3n) is 4.43. The Kier molecular flexibility index (Phi) is 6.73. The van der Waals surface area contributed by atoms with Crippen LogP contribution in [0.2, 0.25) is 0 Å². The first-order chi connectivity index (χ1) is 13.6. The van der Waals surface area contributed by atoms with Gasteiger partial charge in [-0.3, -0.25) is 4.79 Å². The van der Waals surface area contributed by atoms with Crippen LogP contribution in [0, 0.1) is 13.8 Å². The molecule has 5 heteroatoms. The summed E-state index contributed by atoms with van der Waals surface area (Å²) in [5.74, 6) is 0.298. The van der Waals surface area contributed by atoms with E-state index in [1.54, 1.807) is 6.07 Å². The van der Waals surface area contributed by atoms with Crippen molar-refractivity contribution in [3.63, 3.8) is 0 Å². The SMILES string of the molecule is Cc1ccc(CNc2nc(C)cc(C(=O)NCCCc3ccccc3)n2)cc1. The standard InChI is InChI=1S/C23H26N4O/c1-17-10-12-20(13-11-17)16-25-23-26-18(2)15-21(27-23)22(28)24-14-6-9-19-7-4-3-5-8-19/h3-5,7-8,10-13,15H,6,9,14,16H2,1-2H3,(H,24,28)(H,25,26,27). The zero-order valence-corrected chi connectivity index (χ0v) is 16.4. The molecule has 0 radical (unpaired) electrons. The minimum absolute atomic E-state index is 0.169. The average molecular weight is 374 g/mol. The molecule has 1 amide bonds. The van der Waals surface area contributed by atoms with Crippen LogP contribution in [0.25, 0.3) is 0 Å². The first-order valence-corrected chi connectivity index (χ1v) is 9.57. The second-order valence-corrected chi connectivity index (χ2v) is 6.90. The Morgan fingerprint density at radius 3 is 2.43 bits per heavy atom. The molecule has 0 fully saturated rings. The van der Waals surface area contributed by atoms with Gasteiger partial charge in [0.2, 0.25) is 5.95 Å². The van der Waals surface area contributed by atoms with Crippen LogP contribution in [0.4, 0.5) is 5.95 Å². The predicted molar refractivity (Wildman–Crippen MR) is 112 cm³/mol. The summed E-state index contributed by atoms with van der Waals surface area (Å²) in [5, 5.41) is 6.15. The molecule has 1 heterocycles. The van der Waals surface area contributed by atoms with Gasteiger partial charge in [0.1, 0.15) is 5.69 Å². The zero-order valence-electron chi connectivity index (χ0n) is 16.4. The van der Waals surface area contributed by atoms with Crippen LogP contribution in [-0.2, 0) is 13.0 Å². The van der Waals surface area contributed by atoms with Crippen molar-refractivity contribution in [3.8, 4) is 0 Å². The van der Waals surface area contributed by atoms with Crippen LogP contribution in [0.3, 0.4) is 0 Å². The molecule has 0 saturated heterocycles. The largest absolute Gasteiger partial charge is 0.351 e. The molecule has 3 aromatic rings. The fourth-order valence-corrected chi connectivity index (χ4v) is 2.88. The number of carbonyl (C=O) groups is 1. The van der Waals surface area contributed by atoms with Crippen molar-refractivity contribution in [3.05, 3.63) is 88.7 Å². The van der Waals surface area contributed by atoms with E-state index in [0.717, 1.165) is 24.1 Å². The van der Waals surface area contributed by atoms with Gasteiger partial charge in [0, 0.05) is 18.8 Å². The highest BCUT2D eigenvalue weighted by molar-refractivity contribution is 5.92. The lowest BCUT2D eigenvalue weighted by molar-refractivity contribution is 0.0948. The number of carbonyl (C=O) groups excluding carboxylic acids is 1. The van der Waals surface area contributed by atoms with Crippen LogP contribution >= 0.6 is 0 Å². The number of hydrogen-bond acceptors (Lipinski definition) is 4. The van der Waals surface area contributed by atoms with Crippen molar-refractivity contribution in [1.82, 2.24) is 15.3 Å². The number of nitrogens with one attached hydrogen (secondary N) is 2. The Hall–Kier alpha value is -3.21. The topological polar surface area (TPSA) is 66.9 Å². The molecule has 3 rings (SSSR count). The first kappa shape index (κ1) is 19.5. The van der Waals surface area contributed by atoms with Gasteiger partial charge in [-0.15, -0.1) is 0 Å². The summed E-state index contributed by atoms with van der Waals surface area (Å²) >= 11 is 0. The summed E-state index contributed by atoms with van der Waals surface area (Å²) in [5.41, 5.74) is 4.79. The second kappa shape index (κ2) is 9.65. The van der Waals surface area contributed by atoms with E-state index in [1.807, 2.05) is 25.1 Å². The Bertz CT molecular complexity index is 908. The van der Waals surface area contributed by atoms with Gasteiger partial charge in [-0.05, 0) is 43.9 Å². The fourth-order valence-electron chi connectivity index (χ4n) is 2.88. The van der Waals surface area contributed by atoms with Crippen molar-refractivity contribution in [2.75, 3.05) is 11.9 Å². The number of rotatable bonds is 8. The van der Waals surface area contributed by atoms with Crippen LogP contribution in [0.5, 0.6) is 0 Å². The predicted octanol–water partition coefficient (Wildman–Crippen LogP) is 4.07. The number of benzene rings is 2. The van der Waals surface area contributed by atoms with Crippen molar-refractivity contribution < 1.29 is 4.79 Å². The Morgan fingerprint density at radius 1 is 0.929 bits per heavy atom. The normalized spacial score (nSPS) is 10.5. The van der Waals surface area contributed by atoms with Crippen LogP contribution in [-0.4, -0.2) is 22.4 Å². The second-order valence-electron chi connectivity index (χ2n) is 6.90. The van der Waals surface area contributed by atoms with Gasteiger partial charge < -0.3 is 10.6 Å². The Labute approximate surface area is 166 Å². The fraction of sp³-hybridized carbons (Fsp3) is 0.261. The van der Waals surface area contributed by atoms with E-state index in [0.29, 0.717) is 24.7 Å². The molecule has 0 bridgehead atoms. The highest BCUT2D eigenvalue weighted by atomic mass is 16.1. The van der Waals surface area contributed by atoms with E-state index >= 15 is 0 Å². The number of hydrogen-bond donors (Lipinski definition) is 2. The van der Waals surface area contributed by atoms with Gasteiger partial charge in [-0.2, -0.15) is 0 Å². The lowest BCUT2D eigenvalue weighted by Gasteiger charge is -2.09. The zero-order chi connectivity index (χ0) is 19.8. The van der Waals surface area contributed by atoms with Gasteiger partial charge in [-0.25, -0.2) is 9.97 Å². The van der Waals surface area contributed by atoms with E-state index in [1.165, 1.54) is 11.1 Å². The maximum atomic E-state index is 12.4. The quantitative estimate of drug-likeness (QED) is 0.583. The molecule has 1 aromatic heterocycles. The van der Waals surface area contributed by atoms with E-state index in [9.17, 15) is 4.79 Å². The number of aryl methyl sites for hydroxylation is 3. The number of nitrogens with zero attached hydrogens (tertiary/aromatic N) is 2. The summed E-state index contributed by atoms with van der Waals surface area (Å²) in [6, 6.07) is 20.3. The molecular weight excluding hydrogens is 348 g/mol. The van der Waals surface area contributed by atoms with Crippen molar-refractivity contribution in [2.45, 2.75) is 33.2 Å². The molecule has 2 aromatic carbocycles. The lowest BCUT2D eigenvalue weighted by Crippen LogP contribution is -2.26. The van der Waals surface area contributed by atoms with Crippen molar-refractivity contribution in [1.29, 1.82) is 0 Å². The van der Waals surface area contributed by atoms with Gasteiger partial charge in [-0.1, -0.05) is 60.2 Å². The summed E-state index contributed by atoms with van der Waals surface area (Å²) in [6.45, 7) is 5.15. The van der Waals surface area contributed by atoms with Crippen LogP contribution in [0.15, 0.2) is 60.7 Å². The molecule has 2 N–H and O–H groups in total.